The van der Waals surface area contributed by atoms with Gasteiger partial charge in [-0.3, -0.25) is 0 Å². The van der Waals surface area contributed by atoms with Gasteiger partial charge < -0.3 is 19.9 Å². The molecule has 28 heavy (non-hydrogen) atoms. The van der Waals surface area contributed by atoms with Crippen molar-refractivity contribution in [2.75, 3.05) is 26.2 Å². The van der Waals surface area contributed by atoms with E-state index in [1.165, 1.54) is 5.56 Å². The van der Waals surface area contributed by atoms with E-state index in [0.717, 1.165) is 43.7 Å². The standard InChI is InChI=1S/C21H33N3O3S/c1-21(2,3)27-20(25)23-18-9-13-24(14-10-18)28(26)19-6-4-5-17(15-19)16-7-11-22-12-8-16/h4-6,15-16,18,22H,7-14H2,1-3H3,(H,23,25). The van der Waals surface area contributed by atoms with E-state index in [4.69, 9.17) is 4.74 Å². The van der Waals surface area contributed by atoms with Crippen LogP contribution >= 0.6 is 0 Å². The van der Waals surface area contributed by atoms with Crippen LogP contribution in [0.1, 0.15) is 57.9 Å². The van der Waals surface area contributed by atoms with Crippen molar-refractivity contribution >= 4 is 17.5 Å². The summed E-state index contributed by atoms with van der Waals surface area (Å²) in [6.07, 6.45) is 3.45. The molecular weight excluding hydrogens is 374 g/mol. The lowest BCUT2D eigenvalue weighted by Gasteiger charge is -2.32. The number of ether oxygens (including phenoxy) is 1. The summed E-state index contributed by atoms with van der Waals surface area (Å²) in [7, 11) is 0. The minimum Gasteiger partial charge on any atom is -0.593 e. The van der Waals surface area contributed by atoms with Crippen LogP contribution in [0.25, 0.3) is 0 Å². The molecule has 0 aliphatic carbocycles. The Labute approximate surface area is 171 Å². The number of rotatable bonds is 4. The van der Waals surface area contributed by atoms with Crippen molar-refractivity contribution < 1.29 is 14.1 Å². The maximum Gasteiger partial charge on any atom is 0.407 e. The van der Waals surface area contributed by atoms with E-state index in [1.807, 2.05) is 37.2 Å². The Kier molecular flexibility index (Phi) is 7.25. The SMILES string of the molecule is CC(C)(C)OC(=O)NC1CCN([S+]([O-])c2cccc(C3CCNCC3)c2)CC1. The molecule has 1 unspecified atom stereocenters. The van der Waals surface area contributed by atoms with Gasteiger partial charge in [0, 0.05) is 19.1 Å². The highest BCUT2D eigenvalue weighted by atomic mass is 32.2. The number of carbonyl (C=O) groups excluding carboxylic acids is 1. The van der Waals surface area contributed by atoms with Crippen molar-refractivity contribution in [3.05, 3.63) is 29.8 Å². The molecule has 1 aromatic rings. The first-order valence-corrected chi connectivity index (χ1v) is 11.4. The minimum absolute atomic E-state index is 0.0733. The van der Waals surface area contributed by atoms with Gasteiger partial charge in [0.25, 0.3) is 0 Å². The molecule has 0 aromatic heterocycles. The van der Waals surface area contributed by atoms with Crippen molar-refractivity contribution in [3.63, 3.8) is 0 Å². The molecule has 2 fully saturated rings. The summed E-state index contributed by atoms with van der Waals surface area (Å²) < 4.78 is 20.4. The Balaban J connectivity index is 1.52. The zero-order valence-corrected chi connectivity index (χ0v) is 18.0. The second-order valence-corrected chi connectivity index (χ2v) is 10.2. The van der Waals surface area contributed by atoms with Gasteiger partial charge in [0.15, 0.2) is 4.90 Å². The van der Waals surface area contributed by atoms with Crippen LogP contribution in [-0.2, 0) is 16.1 Å². The highest BCUT2D eigenvalue weighted by Crippen LogP contribution is 2.28. The average Bonchev–Trinajstić information content (AvgIpc) is 2.67. The Hall–Kier alpha value is -1.28. The second kappa shape index (κ2) is 9.48. The smallest absolute Gasteiger partial charge is 0.407 e. The molecule has 1 aromatic carbocycles. The maximum atomic E-state index is 13.1. The third-order valence-corrected chi connectivity index (χ3v) is 6.77. The van der Waals surface area contributed by atoms with Crippen LogP contribution in [0.5, 0.6) is 0 Å². The van der Waals surface area contributed by atoms with Crippen LogP contribution in [-0.4, -0.2) is 52.8 Å². The Morgan fingerprint density at radius 3 is 2.54 bits per heavy atom. The summed E-state index contributed by atoms with van der Waals surface area (Å²) >= 11 is -1.15. The van der Waals surface area contributed by atoms with Crippen molar-refractivity contribution in [1.29, 1.82) is 0 Å². The number of hydrogen-bond acceptors (Lipinski definition) is 5. The van der Waals surface area contributed by atoms with E-state index < -0.39 is 17.0 Å². The van der Waals surface area contributed by atoms with E-state index in [1.54, 1.807) is 0 Å². The Morgan fingerprint density at radius 2 is 1.89 bits per heavy atom. The fourth-order valence-electron chi connectivity index (χ4n) is 3.82. The second-order valence-electron chi connectivity index (χ2n) is 8.70. The molecule has 0 radical (unpaired) electrons. The van der Waals surface area contributed by atoms with Crippen LogP contribution in [0.15, 0.2) is 29.2 Å². The molecule has 1 amide bonds. The molecule has 156 valence electrons. The molecule has 1 atom stereocenters. The van der Waals surface area contributed by atoms with Crippen LogP contribution in [0.2, 0.25) is 0 Å². The molecule has 7 heteroatoms. The number of hydrogen-bond donors (Lipinski definition) is 2. The molecular formula is C21H33N3O3S. The maximum absolute atomic E-state index is 13.1. The number of amides is 1. The molecule has 0 saturated carbocycles. The van der Waals surface area contributed by atoms with Crippen molar-refractivity contribution in [2.24, 2.45) is 0 Å². The zero-order valence-electron chi connectivity index (χ0n) is 17.2. The van der Waals surface area contributed by atoms with Gasteiger partial charge in [-0.25, -0.2) is 4.79 Å². The Morgan fingerprint density at radius 1 is 1.21 bits per heavy atom. The number of carbonyl (C=O) groups is 1. The monoisotopic (exact) mass is 407 g/mol. The highest BCUT2D eigenvalue weighted by Gasteiger charge is 2.30. The number of nitrogens with zero attached hydrogens (tertiary/aromatic N) is 1. The molecule has 2 saturated heterocycles. The van der Waals surface area contributed by atoms with Gasteiger partial charge in [-0.05, 0) is 83.2 Å². The largest absolute Gasteiger partial charge is 0.593 e. The summed E-state index contributed by atoms with van der Waals surface area (Å²) in [5.74, 6) is 0.557. The zero-order chi connectivity index (χ0) is 20.1. The molecule has 6 nitrogen and oxygen atoms in total. The lowest BCUT2D eigenvalue weighted by atomic mass is 9.90. The van der Waals surface area contributed by atoms with Gasteiger partial charge in [-0.15, -0.1) is 4.31 Å². The van der Waals surface area contributed by atoms with Crippen LogP contribution < -0.4 is 10.6 Å². The first-order valence-electron chi connectivity index (χ1n) is 10.3. The molecule has 2 N–H and O–H groups in total. The summed E-state index contributed by atoms with van der Waals surface area (Å²) in [6, 6.07) is 8.35. The van der Waals surface area contributed by atoms with Gasteiger partial charge in [0.05, 0.1) is 11.4 Å². The number of nitrogens with one attached hydrogen (secondary N) is 2. The van der Waals surface area contributed by atoms with Crippen LogP contribution in [0.4, 0.5) is 4.79 Å². The highest BCUT2D eigenvalue weighted by molar-refractivity contribution is 7.89. The first kappa shape index (κ1) is 21.4. The van der Waals surface area contributed by atoms with E-state index >= 15 is 0 Å². The number of benzene rings is 1. The summed E-state index contributed by atoms with van der Waals surface area (Å²) in [5, 5.41) is 6.33. The van der Waals surface area contributed by atoms with Gasteiger partial charge in [-0.2, -0.15) is 0 Å². The number of piperidine rings is 2. The summed E-state index contributed by atoms with van der Waals surface area (Å²) in [6.45, 7) is 9.07. The van der Waals surface area contributed by atoms with E-state index in [0.29, 0.717) is 19.0 Å². The first-order chi connectivity index (χ1) is 13.3. The molecule has 2 aliphatic rings. The lowest BCUT2D eigenvalue weighted by molar-refractivity contribution is 0.0489. The summed E-state index contributed by atoms with van der Waals surface area (Å²) in [4.78, 5) is 12.8. The Bertz CT molecular complexity index is 651. The van der Waals surface area contributed by atoms with Crippen LogP contribution in [0.3, 0.4) is 0 Å². The average molecular weight is 408 g/mol. The molecule has 0 spiro atoms. The minimum atomic E-state index is -1.15. The van der Waals surface area contributed by atoms with Crippen molar-refractivity contribution in [1.82, 2.24) is 14.9 Å². The lowest BCUT2D eigenvalue weighted by Crippen LogP contribution is -2.47. The van der Waals surface area contributed by atoms with Crippen LogP contribution in [0, 0.1) is 0 Å². The normalized spacial score (nSPS) is 21.3. The van der Waals surface area contributed by atoms with E-state index in [9.17, 15) is 9.35 Å². The van der Waals surface area contributed by atoms with Gasteiger partial charge in [-0.1, -0.05) is 12.1 Å². The van der Waals surface area contributed by atoms with E-state index in [-0.39, 0.29) is 12.1 Å². The molecule has 2 aliphatic heterocycles. The molecule has 3 rings (SSSR count). The molecule has 2 heterocycles. The fourth-order valence-corrected chi connectivity index (χ4v) is 5.09. The van der Waals surface area contributed by atoms with Gasteiger partial charge in [0.1, 0.15) is 5.60 Å². The predicted octanol–water partition coefficient (Wildman–Crippen LogP) is 3.17. The number of alkyl carbamates (subject to hydrolysis) is 1. The van der Waals surface area contributed by atoms with Crippen molar-refractivity contribution in [2.45, 2.75) is 68.9 Å². The third-order valence-electron chi connectivity index (χ3n) is 5.28. The van der Waals surface area contributed by atoms with Gasteiger partial charge in [0.2, 0.25) is 0 Å². The predicted molar refractivity (Wildman–Crippen MR) is 112 cm³/mol. The quantitative estimate of drug-likeness (QED) is 0.750. The van der Waals surface area contributed by atoms with Gasteiger partial charge >= 0.3 is 6.09 Å². The third kappa shape index (κ3) is 6.11. The molecule has 0 bridgehead atoms. The summed E-state index contributed by atoms with van der Waals surface area (Å²) in [5.41, 5.74) is 0.805. The van der Waals surface area contributed by atoms with E-state index in [2.05, 4.69) is 22.8 Å². The topological polar surface area (TPSA) is 76.7 Å². The fraction of sp³-hybridized carbons (Fsp3) is 0.667. The van der Waals surface area contributed by atoms with Crippen molar-refractivity contribution in [3.8, 4) is 0 Å².